The summed E-state index contributed by atoms with van der Waals surface area (Å²) < 4.78 is 40.1. The van der Waals surface area contributed by atoms with Gasteiger partial charge in [-0.05, 0) is 48.6 Å². The summed E-state index contributed by atoms with van der Waals surface area (Å²) in [4.78, 5) is 5.27. The molecule has 0 amide bonds. The van der Waals surface area contributed by atoms with E-state index in [1.807, 2.05) is 18.4 Å². The Morgan fingerprint density at radius 2 is 1.96 bits per heavy atom. The molecule has 1 aromatic carbocycles. The van der Waals surface area contributed by atoms with Gasteiger partial charge in [0.15, 0.2) is 5.96 Å². The van der Waals surface area contributed by atoms with Crippen LogP contribution < -0.4 is 15.4 Å². The molecular formula is C17H23FN4O2S2. The quantitative estimate of drug-likeness (QED) is 0.495. The monoisotopic (exact) mass is 398 g/mol. The van der Waals surface area contributed by atoms with Gasteiger partial charge in [-0.25, -0.2) is 12.8 Å². The van der Waals surface area contributed by atoms with Crippen LogP contribution in [0.15, 0.2) is 34.6 Å². The van der Waals surface area contributed by atoms with Gasteiger partial charge in [-0.2, -0.15) is 0 Å². The number of benzene rings is 1. The number of thiophene rings is 1. The van der Waals surface area contributed by atoms with Crippen molar-refractivity contribution in [3.8, 4) is 0 Å². The average molecular weight is 399 g/mol. The summed E-state index contributed by atoms with van der Waals surface area (Å²) in [6, 6.07) is 6.28. The van der Waals surface area contributed by atoms with Crippen molar-refractivity contribution in [3.05, 3.63) is 51.5 Å². The van der Waals surface area contributed by atoms with E-state index < -0.39 is 15.8 Å². The minimum absolute atomic E-state index is 0.165. The fraction of sp³-hybridized carbons (Fsp3) is 0.353. The van der Waals surface area contributed by atoms with Gasteiger partial charge in [0.1, 0.15) is 5.82 Å². The van der Waals surface area contributed by atoms with E-state index in [0.29, 0.717) is 18.1 Å². The Morgan fingerprint density at radius 1 is 1.19 bits per heavy atom. The molecule has 0 radical (unpaired) electrons. The van der Waals surface area contributed by atoms with Crippen molar-refractivity contribution in [2.24, 2.45) is 4.99 Å². The summed E-state index contributed by atoms with van der Waals surface area (Å²) >= 11 is 1.65. The Balaban J connectivity index is 1.82. The van der Waals surface area contributed by atoms with Crippen molar-refractivity contribution < 1.29 is 12.8 Å². The standard InChI is InChI=1S/C17H23FN4O2S2/c1-12-4-5-14(10-15(12)18)22-26(23,24)9-7-20-17(19-3)21-11-16-13(2)6-8-25-16/h4-6,8,10,22H,7,9,11H2,1-3H3,(H2,19,20,21). The lowest BCUT2D eigenvalue weighted by molar-refractivity contribution is 0.599. The summed E-state index contributed by atoms with van der Waals surface area (Å²) in [7, 11) is -1.97. The van der Waals surface area contributed by atoms with Crippen molar-refractivity contribution in [1.29, 1.82) is 0 Å². The minimum atomic E-state index is -3.59. The Hall–Kier alpha value is -2.13. The first-order valence-corrected chi connectivity index (χ1v) is 10.6. The van der Waals surface area contributed by atoms with Gasteiger partial charge in [0.2, 0.25) is 10.0 Å². The molecule has 0 unspecified atom stereocenters. The highest BCUT2D eigenvalue weighted by Gasteiger charge is 2.12. The van der Waals surface area contributed by atoms with E-state index in [2.05, 4.69) is 20.3 Å². The molecule has 2 aromatic rings. The molecule has 142 valence electrons. The van der Waals surface area contributed by atoms with Gasteiger partial charge in [0, 0.05) is 18.5 Å². The molecule has 6 nitrogen and oxygen atoms in total. The van der Waals surface area contributed by atoms with Crippen molar-refractivity contribution in [2.75, 3.05) is 24.1 Å². The second kappa shape index (κ2) is 9.00. The highest BCUT2D eigenvalue weighted by molar-refractivity contribution is 7.92. The molecule has 0 spiro atoms. The summed E-state index contributed by atoms with van der Waals surface area (Å²) in [5, 5.41) is 8.13. The molecule has 0 atom stereocenters. The van der Waals surface area contributed by atoms with Gasteiger partial charge >= 0.3 is 0 Å². The average Bonchev–Trinajstić information content (AvgIpc) is 2.99. The molecule has 0 aliphatic carbocycles. The summed E-state index contributed by atoms with van der Waals surface area (Å²) in [5.74, 6) is -0.0903. The van der Waals surface area contributed by atoms with Gasteiger partial charge in [-0.1, -0.05) is 6.07 Å². The van der Waals surface area contributed by atoms with Crippen LogP contribution in [0.2, 0.25) is 0 Å². The molecule has 0 saturated heterocycles. The highest BCUT2D eigenvalue weighted by Crippen LogP contribution is 2.15. The zero-order valence-corrected chi connectivity index (χ0v) is 16.6. The molecule has 1 aromatic heterocycles. The largest absolute Gasteiger partial charge is 0.355 e. The molecule has 26 heavy (non-hydrogen) atoms. The van der Waals surface area contributed by atoms with E-state index in [-0.39, 0.29) is 18.0 Å². The van der Waals surface area contributed by atoms with Gasteiger partial charge in [0.25, 0.3) is 0 Å². The van der Waals surface area contributed by atoms with E-state index in [0.717, 1.165) is 0 Å². The predicted molar refractivity (Wildman–Crippen MR) is 106 cm³/mol. The molecule has 0 bridgehead atoms. The molecule has 0 fully saturated rings. The number of rotatable bonds is 7. The molecule has 0 saturated carbocycles. The van der Waals surface area contributed by atoms with Crippen LogP contribution in [-0.4, -0.2) is 33.7 Å². The van der Waals surface area contributed by atoms with E-state index in [1.54, 1.807) is 25.3 Å². The van der Waals surface area contributed by atoms with Crippen molar-refractivity contribution in [3.63, 3.8) is 0 Å². The number of hydrogen-bond donors (Lipinski definition) is 3. The maximum atomic E-state index is 13.5. The van der Waals surface area contributed by atoms with Crippen LogP contribution in [0.1, 0.15) is 16.0 Å². The number of aryl methyl sites for hydroxylation is 2. The third kappa shape index (κ3) is 5.99. The number of sulfonamides is 1. The van der Waals surface area contributed by atoms with Crippen LogP contribution in [0.4, 0.5) is 10.1 Å². The number of hydrogen-bond acceptors (Lipinski definition) is 4. The zero-order valence-electron chi connectivity index (χ0n) is 15.0. The molecule has 0 aliphatic rings. The first-order chi connectivity index (χ1) is 12.3. The Kier molecular flexibility index (Phi) is 6.98. The Morgan fingerprint density at radius 3 is 2.58 bits per heavy atom. The summed E-state index contributed by atoms with van der Waals surface area (Å²) in [6.07, 6.45) is 0. The van der Waals surface area contributed by atoms with E-state index in [1.165, 1.54) is 28.6 Å². The van der Waals surface area contributed by atoms with Crippen LogP contribution in [0.5, 0.6) is 0 Å². The smallest absolute Gasteiger partial charge is 0.234 e. The maximum Gasteiger partial charge on any atom is 0.234 e. The highest BCUT2D eigenvalue weighted by atomic mass is 32.2. The second-order valence-electron chi connectivity index (χ2n) is 5.76. The lowest BCUT2D eigenvalue weighted by atomic mass is 10.2. The van der Waals surface area contributed by atoms with Gasteiger partial charge in [-0.3, -0.25) is 9.71 Å². The van der Waals surface area contributed by atoms with Gasteiger partial charge in [-0.15, -0.1) is 11.3 Å². The van der Waals surface area contributed by atoms with Gasteiger partial charge < -0.3 is 10.6 Å². The van der Waals surface area contributed by atoms with E-state index in [4.69, 9.17) is 0 Å². The second-order valence-corrected chi connectivity index (χ2v) is 8.61. The van der Waals surface area contributed by atoms with Crippen molar-refractivity contribution in [2.45, 2.75) is 20.4 Å². The molecule has 1 heterocycles. The van der Waals surface area contributed by atoms with Crippen molar-refractivity contribution in [1.82, 2.24) is 10.6 Å². The van der Waals surface area contributed by atoms with Crippen LogP contribution in [0.25, 0.3) is 0 Å². The number of aliphatic imine (C=N–C) groups is 1. The van der Waals surface area contributed by atoms with Crippen LogP contribution in [0.3, 0.4) is 0 Å². The molecule has 9 heteroatoms. The third-order valence-electron chi connectivity index (χ3n) is 3.72. The van der Waals surface area contributed by atoms with Gasteiger partial charge in [0.05, 0.1) is 18.0 Å². The number of anilines is 1. The minimum Gasteiger partial charge on any atom is -0.355 e. The van der Waals surface area contributed by atoms with Crippen LogP contribution in [0, 0.1) is 19.7 Å². The van der Waals surface area contributed by atoms with Crippen LogP contribution in [-0.2, 0) is 16.6 Å². The normalized spacial score (nSPS) is 12.1. The number of guanidine groups is 1. The molecule has 2 rings (SSSR count). The number of halogens is 1. The first-order valence-electron chi connectivity index (χ1n) is 8.05. The van der Waals surface area contributed by atoms with E-state index in [9.17, 15) is 12.8 Å². The summed E-state index contributed by atoms with van der Waals surface area (Å²) in [5.41, 5.74) is 1.88. The first kappa shape index (κ1) is 20.2. The Bertz CT molecular complexity index is 879. The lowest BCUT2D eigenvalue weighted by Gasteiger charge is -2.13. The number of nitrogens with zero attached hydrogens (tertiary/aromatic N) is 1. The third-order valence-corrected chi connectivity index (χ3v) is 6.03. The Labute approximate surface area is 157 Å². The fourth-order valence-electron chi connectivity index (χ4n) is 2.16. The van der Waals surface area contributed by atoms with Crippen LogP contribution >= 0.6 is 11.3 Å². The molecular weight excluding hydrogens is 375 g/mol. The number of nitrogens with one attached hydrogen (secondary N) is 3. The zero-order chi connectivity index (χ0) is 19.2. The molecule has 3 N–H and O–H groups in total. The van der Waals surface area contributed by atoms with Crippen molar-refractivity contribution >= 4 is 33.0 Å². The SMILES string of the molecule is CN=C(NCCS(=O)(=O)Nc1ccc(C)c(F)c1)NCc1sccc1C. The summed E-state index contributed by atoms with van der Waals surface area (Å²) in [6.45, 7) is 4.45. The lowest BCUT2D eigenvalue weighted by Crippen LogP contribution is -2.39. The predicted octanol–water partition coefficient (Wildman–Crippen LogP) is 2.61. The fourth-order valence-corrected chi connectivity index (χ4v) is 3.97. The topological polar surface area (TPSA) is 82.6 Å². The molecule has 0 aliphatic heterocycles. The maximum absolute atomic E-state index is 13.5. The van der Waals surface area contributed by atoms with E-state index >= 15 is 0 Å².